The van der Waals surface area contributed by atoms with E-state index in [1.165, 1.54) is 11.1 Å². The smallest absolute Gasteiger partial charge is 0.306 e. The van der Waals surface area contributed by atoms with Gasteiger partial charge >= 0.3 is 5.97 Å². The van der Waals surface area contributed by atoms with Gasteiger partial charge in [-0.2, -0.15) is 0 Å². The summed E-state index contributed by atoms with van der Waals surface area (Å²) in [6, 6.07) is 6.20. The van der Waals surface area contributed by atoms with E-state index in [1.54, 1.807) is 0 Å². The first-order valence-corrected chi connectivity index (χ1v) is 6.57. The first-order valence-electron chi connectivity index (χ1n) is 6.57. The number of hydrogen-bond donors (Lipinski definition) is 1. The van der Waals surface area contributed by atoms with Gasteiger partial charge in [0.2, 0.25) is 0 Å². The van der Waals surface area contributed by atoms with Crippen LogP contribution in [-0.4, -0.2) is 17.7 Å². The third-order valence-corrected chi connectivity index (χ3v) is 3.54. The number of ether oxygens (including phenoxy) is 1. The molecule has 1 aromatic carbocycles. The van der Waals surface area contributed by atoms with Crippen molar-refractivity contribution in [3.05, 3.63) is 29.3 Å². The average molecular weight is 248 g/mol. The minimum absolute atomic E-state index is 0.106. The molecule has 3 heteroatoms. The molecule has 18 heavy (non-hydrogen) atoms. The van der Waals surface area contributed by atoms with Gasteiger partial charge in [0.1, 0.15) is 5.75 Å². The number of benzene rings is 1. The van der Waals surface area contributed by atoms with Crippen molar-refractivity contribution in [3.8, 4) is 5.75 Å². The lowest BCUT2D eigenvalue weighted by molar-refractivity contribution is -0.138. The van der Waals surface area contributed by atoms with Crippen molar-refractivity contribution in [3.63, 3.8) is 0 Å². The maximum atomic E-state index is 10.8. The molecule has 98 valence electrons. The summed E-state index contributed by atoms with van der Waals surface area (Å²) < 4.78 is 5.60. The van der Waals surface area contributed by atoms with Crippen LogP contribution in [-0.2, 0) is 11.2 Å². The van der Waals surface area contributed by atoms with Crippen molar-refractivity contribution in [2.24, 2.45) is 11.8 Å². The second kappa shape index (κ2) is 5.42. The summed E-state index contributed by atoms with van der Waals surface area (Å²) in [5, 5.41) is 8.88. The Bertz CT molecular complexity index is 439. The van der Waals surface area contributed by atoms with E-state index in [9.17, 15) is 4.79 Å². The van der Waals surface area contributed by atoms with Gasteiger partial charge in [0, 0.05) is 0 Å². The molecule has 0 bridgehead atoms. The van der Waals surface area contributed by atoms with Crippen LogP contribution in [0.15, 0.2) is 18.2 Å². The van der Waals surface area contributed by atoms with Crippen LogP contribution < -0.4 is 4.74 Å². The van der Waals surface area contributed by atoms with Crippen LogP contribution in [0.3, 0.4) is 0 Å². The Kier molecular flexibility index (Phi) is 3.90. The molecule has 2 atom stereocenters. The zero-order valence-electron chi connectivity index (χ0n) is 11.0. The van der Waals surface area contributed by atoms with E-state index >= 15 is 0 Å². The van der Waals surface area contributed by atoms with Gasteiger partial charge in [-0.05, 0) is 50.7 Å². The van der Waals surface area contributed by atoms with Gasteiger partial charge in [0.15, 0.2) is 0 Å². The maximum absolute atomic E-state index is 10.8. The Balaban J connectivity index is 1.96. The predicted octanol–water partition coefficient (Wildman–Crippen LogP) is 3.05. The second-order valence-corrected chi connectivity index (χ2v) is 5.02. The van der Waals surface area contributed by atoms with Crippen molar-refractivity contribution >= 4 is 5.97 Å². The van der Waals surface area contributed by atoms with E-state index in [1.807, 2.05) is 19.1 Å². The SMILES string of the molecule is CCOc1ccc(C)cc1CCC1CC1C(=O)O. The predicted molar refractivity (Wildman–Crippen MR) is 69.9 cm³/mol. The van der Waals surface area contributed by atoms with Crippen molar-refractivity contribution in [2.45, 2.75) is 33.1 Å². The molecule has 1 aromatic rings. The fourth-order valence-corrected chi connectivity index (χ4v) is 2.41. The molecule has 1 saturated carbocycles. The van der Waals surface area contributed by atoms with Crippen LogP contribution in [0.1, 0.15) is 30.9 Å². The zero-order chi connectivity index (χ0) is 13.1. The highest BCUT2D eigenvalue weighted by atomic mass is 16.5. The fraction of sp³-hybridized carbons (Fsp3) is 0.533. The van der Waals surface area contributed by atoms with Crippen LogP contribution in [0.25, 0.3) is 0 Å². The monoisotopic (exact) mass is 248 g/mol. The van der Waals surface area contributed by atoms with Gasteiger partial charge in [0.25, 0.3) is 0 Å². The van der Waals surface area contributed by atoms with Crippen molar-refractivity contribution in [2.75, 3.05) is 6.61 Å². The van der Waals surface area contributed by atoms with Crippen LogP contribution in [0.2, 0.25) is 0 Å². The lowest BCUT2D eigenvalue weighted by atomic mass is 10.0. The quantitative estimate of drug-likeness (QED) is 0.841. The third-order valence-electron chi connectivity index (χ3n) is 3.54. The minimum atomic E-state index is -0.644. The van der Waals surface area contributed by atoms with Crippen LogP contribution in [0.5, 0.6) is 5.75 Å². The van der Waals surface area contributed by atoms with E-state index in [-0.39, 0.29) is 5.92 Å². The fourth-order valence-electron chi connectivity index (χ4n) is 2.41. The van der Waals surface area contributed by atoms with Gasteiger partial charge in [0.05, 0.1) is 12.5 Å². The number of hydrogen-bond acceptors (Lipinski definition) is 2. The molecule has 3 nitrogen and oxygen atoms in total. The van der Waals surface area contributed by atoms with Crippen molar-refractivity contribution < 1.29 is 14.6 Å². The van der Waals surface area contributed by atoms with E-state index in [2.05, 4.69) is 13.0 Å². The largest absolute Gasteiger partial charge is 0.494 e. The molecule has 1 aliphatic carbocycles. The highest BCUT2D eigenvalue weighted by Gasteiger charge is 2.42. The topological polar surface area (TPSA) is 46.5 Å². The average Bonchev–Trinajstić information content (AvgIpc) is 3.09. The van der Waals surface area contributed by atoms with Gasteiger partial charge in [-0.3, -0.25) is 4.79 Å². The number of carboxylic acid groups (broad SMARTS) is 1. The normalized spacial score (nSPS) is 21.7. The van der Waals surface area contributed by atoms with Gasteiger partial charge in [-0.25, -0.2) is 0 Å². The summed E-state index contributed by atoms with van der Waals surface area (Å²) in [5.41, 5.74) is 2.42. The molecule has 1 fully saturated rings. The molecule has 0 aliphatic heterocycles. The van der Waals surface area contributed by atoms with E-state index in [4.69, 9.17) is 9.84 Å². The lowest BCUT2D eigenvalue weighted by Gasteiger charge is -2.11. The molecule has 2 rings (SSSR count). The molecular formula is C15H20O3. The molecule has 0 amide bonds. The number of carboxylic acids is 1. The second-order valence-electron chi connectivity index (χ2n) is 5.02. The Morgan fingerprint density at radius 3 is 2.89 bits per heavy atom. The Morgan fingerprint density at radius 2 is 2.28 bits per heavy atom. The summed E-state index contributed by atoms with van der Waals surface area (Å²) in [4.78, 5) is 10.8. The summed E-state index contributed by atoms with van der Waals surface area (Å²) in [7, 11) is 0. The molecule has 1 N–H and O–H groups in total. The van der Waals surface area contributed by atoms with E-state index < -0.39 is 5.97 Å². The molecule has 0 heterocycles. The van der Waals surface area contributed by atoms with Gasteiger partial charge in [-0.1, -0.05) is 17.7 Å². The highest BCUT2D eigenvalue weighted by molar-refractivity contribution is 5.73. The molecule has 0 saturated heterocycles. The van der Waals surface area contributed by atoms with E-state index in [0.717, 1.165) is 25.0 Å². The molecule has 1 aliphatic rings. The summed E-state index contributed by atoms with van der Waals surface area (Å²) in [6.07, 6.45) is 2.69. The van der Waals surface area contributed by atoms with E-state index in [0.29, 0.717) is 12.5 Å². The molecule has 2 unspecified atom stereocenters. The van der Waals surface area contributed by atoms with Crippen molar-refractivity contribution in [1.82, 2.24) is 0 Å². The maximum Gasteiger partial charge on any atom is 0.306 e. The van der Waals surface area contributed by atoms with Crippen LogP contribution in [0.4, 0.5) is 0 Å². The van der Waals surface area contributed by atoms with Gasteiger partial charge < -0.3 is 9.84 Å². The molecule has 0 spiro atoms. The van der Waals surface area contributed by atoms with Crippen LogP contribution >= 0.6 is 0 Å². The zero-order valence-corrected chi connectivity index (χ0v) is 11.0. The molecule has 0 radical (unpaired) electrons. The number of carbonyl (C=O) groups is 1. The first kappa shape index (κ1) is 12.9. The third kappa shape index (κ3) is 3.03. The Morgan fingerprint density at radius 1 is 1.50 bits per heavy atom. The lowest BCUT2D eigenvalue weighted by Crippen LogP contribution is -2.01. The summed E-state index contributed by atoms with van der Waals surface area (Å²) in [5.74, 6) is 0.549. The first-order chi connectivity index (χ1) is 8.61. The Labute approximate surface area is 108 Å². The van der Waals surface area contributed by atoms with Crippen molar-refractivity contribution in [1.29, 1.82) is 0 Å². The number of aryl methyl sites for hydroxylation is 2. The standard InChI is InChI=1S/C15H20O3/c1-3-18-14-7-4-10(2)8-12(14)6-5-11-9-13(11)15(16)17/h4,7-8,11,13H,3,5-6,9H2,1-2H3,(H,16,17). The summed E-state index contributed by atoms with van der Waals surface area (Å²) >= 11 is 0. The van der Waals surface area contributed by atoms with Crippen LogP contribution in [0, 0.1) is 18.8 Å². The Hall–Kier alpha value is -1.51. The minimum Gasteiger partial charge on any atom is -0.494 e. The number of rotatable bonds is 6. The summed E-state index contributed by atoms with van der Waals surface area (Å²) in [6.45, 7) is 4.71. The molecular weight excluding hydrogens is 228 g/mol. The highest BCUT2D eigenvalue weighted by Crippen LogP contribution is 2.42. The number of aliphatic carboxylic acids is 1. The van der Waals surface area contributed by atoms with Gasteiger partial charge in [-0.15, -0.1) is 0 Å². The molecule has 0 aromatic heterocycles.